The van der Waals surface area contributed by atoms with Crippen LogP contribution in [-0.4, -0.2) is 30.1 Å². The van der Waals surface area contributed by atoms with Gasteiger partial charge in [0.25, 0.3) is 0 Å². The third-order valence-corrected chi connectivity index (χ3v) is 7.48. The van der Waals surface area contributed by atoms with Crippen LogP contribution >= 0.6 is 0 Å². The second-order valence-electron chi connectivity index (χ2n) is 9.33. The first kappa shape index (κ1) is 20.9. The van der Waals surface area contributed by atoms with Gasteiger partial charge in [0.05, 0.1) is 0 Å². The van der Waals surface area contributed by atoms with Crippen LogP contribution in [0.2, 0.25) is 0 Å². The van der Waals surface area contributed by atoms with Crippen molar-refractivity contribution in [3.8, 4) is 5.75 Å². The Balaban J connectivity index is 1.62. The molecule has 1 aromatic carbocycles. The minimum Gasteiger partial charge on any atom is -0.459 e. The van der Waals surface area contributed by atoms with Crippen molar-refractivity contribution in [2.24, 2.45) is 17.3 Å². The van der Waals surface area contributed by atoms with E-state index in [1.165, 1.54) is 31.9 Å². The van der Waals surface area contributed by atoms with Crippen molar-refractivity contribution < 1.29 is 28.6 Å². The number of hydrogen-bond donors (Lipinski definition) is 0. The van der Waals surface area contributed by atoms with Crippen molar-refractivity contribution in [2.75, 3.05) is 0 Å². The number of aryl methyl sites for hydroxylation is 1. The Morgan fingerprint density at radius 1 is 1.00 bits per heavy atom. The summed E-state index contributed by atoms with van der Waals surface area (Å²) in [6, 6.07) is 5.99. The molecular formula is C24H30O6. The monoisotopic (exact) mass is 414 g/mol. The molecule has 1 aromatic rings. The van der Waals surface area contributed by atoms with Gasteiger partial charge in [0, 0.05) is 26.2 Å². The quantitative estimate of drug-likeness (QED) is 0.551. The summed E-state index contributed by atoms with van der Waals surface area (Å²) < 4.78 is 16.6. The Labute approximate surface area is 177 Å². The molecule has 0 spiro atoms. The first-order valence-electron chi connectivity index (χ1n) is 10.8. The van der Waals surface area contributed by atoms with E-state index in [1.54, 1.807) is 0 Å². The zero-order valence-corrected chi connectivity index (χ0v) is 18.1. The molecule has 6 nitrogen and oxygen atoms in total. The van der Waals surface area contributed by atoms with Gasteiger partial charge < -0.3 is 14.2 Å². The Hall–Kier alpha value is -2.37. The maximum Gasteiger partial charge on any atom is 0.308 e. The SMILES string of the molecule is CC(=O)Oc1ccc2c(c1)CC[C@@H]1[C@@H]2CC[C@@]2(C)[C@H]1C[C@H](OC(C)=O)[C@@H]2OC(C)=O. The molecule has 6 heteroatoms. The summed E-state index contributed by atoms with van der Waals surface area (Å²) in [5.41, 5.74) is 2.40. The number of rotatable bonds is 3. The maximum atomic E-state index is 11.8. The molecule has 2 fully saturated rings. The highest BCUT2D eigenvalue weighted by Gasteiger charge is 2.61. The summed E-state index contributed by atoms with van der Waals surface area (Å²) in [6.07, 6.45) is 3.83. The smallest absolute Gasteiger partial charge is 0.308 e. The molecule has 0 N–H and O–H groups in total. The average Bonchev–Trinajstić information content (AvgIpc) is 2.92. The number of hydrogen-bond acceptors (Lipinski definition) is 6. The van der Waals surface area contributed by atoms with Crippen molar-refractivity contribution in [2.45, 2.75) is 77.9 Å². The molecule has 3 aliphatic rings. The van der Waals surface area contributed by atoms with Gasteiger partial charge >= 0.3 is 17.9 Å². The molecule has 4 rings (SSSR count). The number of benzene rings is 1. The highest BCUT2D eigenvalue weighted by Crippen LogP contribution is 2.62. The Bertz CT molecular complexity index is 876. The number of carbonyl (C=O) groups excluding carboxylic acids is 3. The Morgan fingerprint density at radius 2 is 1.73 bits per heavy atom. The fraction of sp³-hybridized carbons (Fsp3) is 0.625. The van der Waals surface area contributed by atoms with Crippen LogP contribution in [-0.2, 0) is 30.3 Å². The van der Waals surface area contributed by atoms with Crippen LogP contribution in [0.5, 0.6) is 5.75 Å². The Morgan fingerprint density at radius 3 is 2.40 bits per heavy atom. The molecular weight excluding hydrogens is 384 g/mol. The Kier molecular flexibility index (Phi) is 5.37. The van der Waals surface area contributed by atoms with Crippen LogP contribution in [0.15, 0.2) is 18.2 Å². The van der Waals surface area contributed by atoms with Gasteiger partial charge in [-0.2, -0.15) is 0 Å². The number of esters is 3. The zero-order valence-electron chi connectivity index (χ0n) is 18.1. The van der Waals surface area contributed by atoms with Crippen LogP contribution in [0.3, 0.4) is 0 Å². The summed E-state index contributed by atoms with van der Waals surface area (Å²) in [6.45, 7) is 6.45. The van der Waals surface area contributed by atoms with Gasteiger partial charge in [-0.05, 0) is 73.1 Å². The second kappa shape index (κ2) is 7.71. The normalized spacial score (nSPS) is 34.2. The van der Waals surface area contributed by atoms with Crippen LogP contribution in [0.1, 0.15) is 70.4 Å². The summed E-state index contributed by atoms with van der Waals surface area (Å²) >= 11 is 0. The van der Waals surface area contributed by atoms with Crippen molar-refractivity contribution >= 4 is 17.9 Å². The molecule has 0 unspecified atom stereocenters. The summed E-state index contributed by atoms with van der Waals surface area (Å²) in [5, 5.41) is 0. The number of carbonyl (C=O) groups is 3. The van der Waals surface area contributed by atoms with Crippen LogP contribution in [0.4, 0.5) is 0 Å². The van der Waals surface area contributed by atoms with Crippen LogP contribution < -0.4 is 4.74 Å². The fourth-order valence-electron chi connectivity index (χ4n) is 6.44. The van der Waals surface area contributed by atoms with Crippen LogP contribution in [0.25, 0.3) is 0 Å². The van der Waals surface area contributed by atoms with Gasteiger partial charge in [-0.3, -0.25) is 14.4 Å². The lowest BCUT2D eigenvalue weighted by atomic mass is 9.55. The topological polar surface area (TPSA) is 78.9 Å². The summed E-state index contributed by atoms with van der Waals surface area (Å²) in [7, 11) is 0. The largest absolute Gasteiger partial charge is 0.459 e. The van der Waals surface area contributed by atoms with Crippen LogP contribution in [0, 0.1) is 17.3 Å². The van der Waals surface area contributed by atoms with Crippen molar-refractivity contribution in [1.29, 1.82) is 0 Å². The lowest BCUT2D eigenvalue weighted by Gasteiger charge is -2.50. The number of ether oxygens (including phenoxy) is 3. The van der Waals surface area contributed by atoms with E-state index in [9.17, 15) is 14.4 Å². The first-order valence-corrected chi connectivity index (χ1v) is 10.8. The van der Waals surface area contributed by atoms with E-state index in [0.717, 1.165) is 32.1 Å². The van der Waals surface area contributed by atoms with E-state index >= 15 is 0 Å². The predicted octanol–water partition coefficient (Wildman–Crippen LogP) is 3.94. The molecule has 2 saturated carbocycles. The molecule has 0 bridgehead atoms. The van der Waals surface area contributed by atoms with Gasteiger partial charge in [0.2, 0.25) is 0 Å². The van der Waals surface area contributed by atoms with E-state index in [1.807, 2.05) is 12.1 Å². The molecule has 3 aliphatic carbocycles. The summed E-state index contributed by atoms with van der Waals surface area (Å²) in [5.74, 6) is 0.839. The van der Waals surface area contributed by atoms with Crippen molar-refractivity contribution in [3.63, 3.8) is 0 Å². The van der Waals surface area contributed by atoms with Gasteiger partial charge in [0.15, 0.2) is 0 Å². The molecule has 30 heavy (non-hydrogen) atoms. The van der Waals surface area contributed by atoms with E-state index in [0.29, 0.717) is 23.5 Å². The first-order chi connectivity index (χ1) is 14.2. The third-order valence-electron chi connectivity index (χ3n) is 7.48. The molecule has 0 heterocycles. The van der Waals surface area contributed by atoms with E-state index < -0.39 is 6.10 Å². The molecule has 0 saturated heterocycles. The van der Waals surface area contributed by atoms with Crippen molar-refractivity contribution in [3.05, 3.63) is 29.3 Å². The van der Waals surface area contributed by atoms with Gasteiger partial charge in [-0.25, -0.2) is 0 Å². The average molecular weight is 414 g/mol. The van der Waals surface area contributed by atoms with Gasteiger partial charge in [-0.15, -0.1) is 0 Å². The third kappa shape index (κ3) is 3.61. The molecule has 6 atom stereocenters. The molecule has 0 amide bonds. The van der Waals surface area contributed by atoms with E-state index in [4.69, 9.17) is 14.2 Å². The van der Waals surface area contributed by atoms with Crippen molar-refractivity contribution in [1.82, 2.24) is 0 Å². The van der Waals surface area contributed by atoms with E-state index in [-0.39, 0.29) is 29.4 Å². The lowest BCUT2D eigenvalue weighted by Crippen LogP contribution is -2.46. The minimum atomic E-state index is -0.391. The van der Waals surface area contributed by atoms with Gasteiger partial charge in [-0.1, -0.05) is 13.0 Å². The molecule has 0 aromatic heterocycles. The summed E-state index contributed by atoms with van der Waals surface area (Å²) in [4.78, 5) is 34.8. The second-order valence-corrected chi connectivity index (χ2v) is 9.33. The molecule has 0 aliphatic heterocycles. The highest BCUT2D eigenvalue weighted by atomic mass is 16.6. The number of fused-ring (bicyclic) bond motifs is 5. The maximum absolute atomic E-state index is 11.8. The fourth-order valence-corrected chi connectivity index (χ4v) is 6.44. The standard InChI is InChI=1S/C24H30O6/c1-13(25)28-17-6-8-18-16(11-17)5-7-20-19(18)9-10-24(4)21(20)12-22(29-14(2)26)23(24)30-15(3)27/h6,8,11,19-23H,5,7,9-10,12H2,1-4H3/t19-,20-,21+,22+,23+,24+/m1/s1. The highest BCUT2D eigenvalue weighted by molar-refractivity contribution is 5.69. The van der Waals surface area contributed by atoms with E-state index in [2.05, 4.69) is 13.0 Å². The minimum absolute atomic E-state index is 0.192. The predicted molar refractivity (Wildman–Crippen MR) is 109 cm³/mol. The molecule has 162 valence electrons. The molecule has 0 radical (unpaired) electrons. The van der Waals surface area contributed by atoms with Gasteiger partial charge in [0.1, 0.15) is 18.0 Å². The lowest BCUT2D eigenvalue weighted by molar-refractivity contribution is -0.171. The zero-order chi connectivity index (χ0) is 21.6.